The van der Waals surface area contributed by atoms with E-state index >= 15 is 0 Å². The largest absolute Gasteiger partial charge is 0.494 e. The smallest absolute Gasteiger partial charge is 0.274 e. The van der Waals surface area contributed by atoms with Crippen molar-refractivity contribution in [3.63, 3.8) is 0 Å². The monoisotopic (exact) mass is 705 g/mol. The van der Waals surface area contributed by atoms with E-state index in [1.54, 1.807) is 24.0 Å². The number of carbonyl (C=O) groups is 2. The van der Waals surface area contributed by atoms with Gasteiger partial charge in [-0.3, -0.25) is 14.3 Å². The number of unbranched alkanes of at least 4 members (excludes halogenated alkanes) is 2. The number of amides is 2. The van der Waals surface area contributed by atoms with Gasteiger partial charge in [0.05, 0.1) is 35.9 Å². The first-order chi connectivity index (χ1) is 24.0. The van der Waals surface area contributed by atoms with Gasteiger partial charge in [-0.1, -0.05) is 51.0 Å². The number of fused-ring (bicyclic) bond motifs is 1. The Kier molecular flexibility index (Phi) is 11.6. The second kappa shape index (κ2) is 15.9. The van der Waals surface area contributed by atoms with Gasteiger partial charge in [0.2, 0.25) is 0 Å². The van der Waals surface area contributed by atoms with Crippen molar-refractivity contribution in [1.29, 1.82) is 0 Å². The summed E-state index contributed by atoms with van der Waals surface area (Å²) in [6.45, 7) is 7.08. The van der Waals surface area contributed by atoms with Crippen molar-refractivity contribution in [2.75, 3.05) is 31.5 Å². The summed E-state index contributed by atoms with van der Waals surface area (Å²) in [6.07, 6.45) is 4.04. The van der Waals surface area contributed by atoms with Crippen molar-refractivity contribution in [2.24, 2.45) is 0 Å². The number of aryl methyl sites for hydroxylation is 1. The van der Waals surface area contributed by atoms with Gasteiger partial charge in [-0.25, -0.2) is 17.5 Å². The third-order valence-electron chi connectivity index (χ3n) is 8.92. The minimum Gasteiger partial charge on any atom is -0.494 e. The fourth-order valence-corrected chi connectivity index (χ4v) is 7.19. The van der Waals surface area contributed by atoms with Gasteiger partial charge in [0.25, 0.3) is 21.8 Å². The molecule has 11 nitrogen and oxygen atoms in total. The highest BCUT2D eigenvalue weighted by Gasteiger charge is 2.32. The number of carbonyl (C=O) groups excluding carboxylic acids is 2. The van der Waals surface area contributed by atoms with E-state index in [1.165, 1.54) is 36.1 Å². The molecule has 2 heterocycles. The Labute approximate surface area is 292 Å². The number of methoxy groups -OCH3 is 1. The average molecular weight is 706 g/mol. The molecule has 266 valence electrons. The van der Waals surface area contributed by atoms with Gasteiger partial charge >= 0.3 is 0 Å². The molecule has 0 unspecified atom stereocenters. The molecule has 0 bridgehead atoms. The fraction of sp³-hybridized carbons (Fsp3) is 0.378. The van der Waals surface area contributed by atoms with Crippen molar-refractivity contribution < 1.29 is 32.2 Å². The van der Waals surface area contributed by atoms with Crippen LogP contribution in [0.2, 0.25) is 0 Å². The first-order valence-electron chi connectivity index (χ1n) is 16.9. The van der Waals surface area contributed by atoms with E-state index in [1.807, 2.05) is 29.2 Å². The molecule has 4 aromatic rings. The van der Waals surface area contributed by atoms with Crippen LogP contribution in [-0.4, -0.2) is 77.8 Å². The maximum absolute atomic E-state index is 14.5. The molecule has 2 amide bonds. The SMILES string of the molecule is CCCCN(CCCC)C(=O)c1cc(C)n(-c2ccc(NS(=O)(=O)c3ccc(OC)c(F)c3)cc2C(=O)N2Cc3ccccc3C[C@H]2CO)n1. The Hall–Kier alpha value is -4.75. The summed E-state index contributed by atoms with van der Waals surface area (Å²) >= 11 is 0. The van der Waals surface area contributed by atoms with Crippen LogP contribution in [0.4, 0.5) is 10.1 Å². The summed E-state index contributed by atoms with van der Waals surface area (Å²) in [6, 6.07) is 16.6. The lowest BCUT2D eigenvalue weighted by molar-refractivity contribution is 0.0544. The van der Waals surface area contributed by atoms with Crippen LogP contribution >= 0.6 is 0 Å². The minimum atomic E-state index is -4.28. The number of halogens is 1. The number of benzene rings is 3. The van der Waals surface area contributed by atoms with Crippen LogP contribution in [0.1, 0.15) is 77.2 Å². The Bertz CT molecular complexity index is 1960. The van der Waals surface area contributed by atoms with Crippen LogP contribution in [0.15, 0.2) is 71.6 Å². The number of aromatic nitrogens is 2. The Morgan fingerprint density at radius 3 is 2.36 bits per heavy atom. The number of hydrogen-bond donors (Lipinski definition) is 2. The molecule has 1 aliphatic heterocycles. The molecule has 1 aliphatic rings. The Morgan fingerprint density at radius 2 is 1.72 bits per heavy atom. The number of anilines is 1. The molecular weight excluding hydrogens is 662 g/mol. The number of aliphatic hydroxyl groups is 1. The summed E-state index contributed by atoms with van der Waals surface area (Å²) in [5.74, 6) is -1.61. The van der Waals surface area contributed by atoms with E-state index in [0.717, 1.165) is 42.9 Å². The first kappa shape index (κ1) is 36.5. The third-order valence-corrected chi connectivity index (χ3v) is 10.3. The molecule has 5 rings (SSSR count). The molecule has 0 fully saturated rings. The molecule has 0 saturated heterocycles. The fourth-order valence-electron chi connectivity index (χ4n) is 6.12. The molecule has 1 aromatic heterocycles. The van der Waals surface area contributed by atoms with Crippen LogP contribution in [0.5, 0.6) is 5.75 Å². The molecule has 0 saturated carbocycles. The molecule has 2 N–H and O–H groups in total. The predicted molar refractivity (Wildman–Crippen MR) is 189 cm³/mol. The molecule has 0 spiro atoms. The van der Waals surface area contributed by atoms with E-state index < -0.39 is 27.8 Å². The van der Waals surface area contributed by atoms with Gasteiger partial charge < -0.3 is 19.6 Å². The number of aliphatic hydroxyl groups excluding tert-OH is 1. The van der Waals surface area contributed by atoms with Gasteiger partial charge in [0, 0.05) is 31.0 Å². The zero-order chi connectivity index (χ0) is 36.0. The van der Waals surface area contributed by atoms with Crippen LogP contribution < -0.4 is 9.46 Å². The van der Waals surface area contributed by atoms with Gasteiger partial charge in [0.1, 0.15) is 0 Å². The topological polar surface area (TPSA) is 134 Å². The molecule has 0 radical (unpaired) electrons. The number of rotatable bonds is 14. The Morgan fingerprint density at radius 1 is 1.02 bits per heavy atom. The zero-order valence-electron chi connectivity index (χ0n) is 28.9. The molecule has 50 heavy (non-hydrogen) atoms. The minimum absolute atomic E-state index is 0.0534. The van der Waals surface area contributed by atoms with Gasteiger partial charge in [-0.15, -0.1) is 0 Å². The highest BCUT2D eigenvalue weighted by Crippen LogP contribution is 2.30. The van der Waals surface area contributed by atoms with Crippen LogP contribution in [0.3, 0.4) is 0 Å². The van der Waals surface area contributed by atoms with E-state index in [4.69, 9.17) is 4.74 Å². The lowest BCUT2D eigenvalue weighted by Crippen LogP contribution is -2.46. The van der Waals surface area contributed by atoms with Crippen molar-refractivity contribution >= 4 is 27.5 Å². The normalized spacial score (nSPS) is 14.3. The average Bonchev–Trinajstić information content (AvgIpc) is 3.51. The molecule has 13 heteroatoms. The zero-order valence-corrected chi connectivity index (χ0v) is 29.7. The summed E-state index contributed by atoms with van der Waals surface area (Å²) in [7, 11) is -3.00. The second-order valence-corrected chi connectivity index (χ2v) is 14.1. The second-order valence-electron chi connectivity index (χ2n) is 12.5. The van der Waals surface area contributed by atoms with Gasteiger partial charge in [-0.05, 0) is 79.8 Å². The number of sulfonamides is 1. The number of ether oxygens (including phenoxy) is 1. The maximum atomic E-state index is 14.5. The van der Waals surface area contributed by atoms with E-state index in [2.05, 4.69) is 23.7 Å². The molecular formula is C37H44FN5O6S. The summed E-state index contributed by atoms with van der Waals surface area (Å²) in [5.41, 5.74) is 3.28. The number of nitrogens with zero attached hydrogens (tertiary/aromatic N) is 4. The lowest BCUT2D eigenvalue weighted by atomic mass is 9.93. The highest BCUT2D eigenvalue weighted by molar-refractivity contribution is 7.92. The standard InChI is InChI=1S/C37H44FN5O6S/c1-5-7-17-41(18-8-6-2)37(46)33-19-25(3)43(39-33)34-15-13-28(40-50(47,48)30-14-16-35(49-4)32(38)22-30)21-31(34)36(45)42-23-27-12-10-9-11-26(27)20-29(42)24-44/h9-16,19,21-22,29,40,44H,5-8,17-18,20,23-24H2,1-4H3/t29-/m0/s1. The summed E-state index contributed by atoms with van der Waals surface area (Å²) in [4.78, 5) is 31.2. The van der Waals surface area contributed by atoms with E-state index in [0.29, 0.717) is 30.9 Å². The first-order valence-corrected chi connectivity index (χ1v) is 18.3. The van der Waals surface area contributed by atoms with Crippen molar-refractivity contribution in [2.45, 2.75) is 70.4 Å². The van der Waals surface area contributed by atoms with Crippen LogP contribution in [-0.2, 0) is 23.0 Å². The van der Waals surface area contributed by atoms with Crippen LogP contribution in [0.25, 0.3) is 5.69 Å². The number of hydrogen-bond acceptors (Lipinski definition) is 7. The third kappa shape index (κ3) is 7.84. The highest BCUT2D eigenvalue weighted by atomic mass is 32.2. The van der Waals surface area contributed by atoms with Crippen molar-refractivity contribution in [1.82, 2.24) is 19.6 Å². The predicted octanol–water partition coefficient (Wildman–Crippen LogP) is 5.73. The lowest BCUT2D eigenvalue weighted by Gasteiger charge is -2.36. The van der Waals surface area contributed by atoms with Gasteiger partial charge in [-0.2, -0.15) is 5.10 Å². The molecule has 3 aromatic carbocycles. The van der Waals surface area contributed by atoms with Gasteiger partial charge in [0.15, 0.2) is 17.3 Å². The van der Waals surface area contributed by atoms with Crippen LogP contribution in [0, 0.1) is 12.7 Å². The summed E-state index contributed by atoms with van der Waals surface area (Å²) < 4.78 is 50.1. The maximum Gasteiger partial charge on any atom is 0.274 e. The van der Waals surface area contributed by atoms with E-state index in [-0.39, 0.29) is 46.6 Å². The van der Waals surface area contributed by atoms with Crippen molar-refractivity contribution in [3.8, 4) is 11.4 Å². The summed E-state index contributed by atoms with van der Waals surface area (Å²) in [5, 5.41) is 15.0. The van der Waals surface area contributed by atoms with Crippen molar-refractivity contribution in [3.05, 3.63) is 101 Å². The van der Waals surface area contributed by atoms with E-state index in [9.17, 15) is 27.5 Å². The quantitative estimate of drug-likeness (QED) is 0.171. The molecule has 0 aliphatic carbocycles. The Balaban J connectivity index is 1.57. The number of nitrogens with one attached hydrogen (secondary N) is 1. The molecule has 1 atom stereocenters.